The SMILES string of the molecule is CC1(C)CCN(S(=O)(=O)Cc2ccccc2C(N)=S)C1. The predicted molar refractivity (Wildman–Crippen MR) is 84.9 cm³/mol. The molecule has 1 fully saturated rings. The molecule has 0 radical (unpaired) electrons. The molecule has 0 spiro atoms. The van der Waals surface area contributed by atoms with Crippen LogP contribution >= 0.6 is 12.2 Å². The third kappa shape index (κ3) is 3.37. The zero-order chi connectivity index (χ0) is 15.0. The number of hydrogen-bond donors (Lipinski definition) is 1. The summed E-state index contributed by atoms with van der Waals surface area (Å²) in [6.45, 7) is 5.34. The summed E-state index contributed by atoms with van der Waals surface area (Å²) in [5.41, 5.74) is 7.02. The number of benzene rings is 1. The van der Waals surface area contributed by atoms with Gasteiger partial charge in [0.05, 0.1) is 5.75 Å². The second-order valence-corrected chi connectivity index (χ2v) is 8.43. The highest BCUT2D eigenvalue weighted by Crippen LogP contribution is 2.31. The molecule has 6 heteroatoms. The van der Waals surface area contributed by atoms with Crippen LogP contribution < -0.4 is 5.73 Å². The molecule has 1 saturated heterocycles. The highest BCUT2D eigenvalue weighted by atomic mass is 32.2. The fourth-order valence-electron chi connectivity index (χ4n) is 2.47. The van der Waals surface area contributed by atoms with Crippen LogP contribution in [0, 0.1) is 5.41 Å². The Labute approximate surface area is 126 Å². The number of hydrogen-bond acceptors (Lipinski definition) is 3. The first-order valence-corrected chi connectivity index (χ1v) is 8.59. The summed E-state index contributed by atoms with van der Waals surface area (Å²) in [4.78, 5) is 0.234. The van der Waals surface area contributed by atoms with E-state index in [0.29, 0.717) is 24.2 Å². The number of nitrogens with zero attached hydrogens (tertiary/aromatic N) is 1. The Morgan fingerprint density at radius 3 is 2.60 bits per heavy atom. The molecule has 0 bridgehead atoms. The van der Waals surface area contributed by atoms with Gasteiger partial charge in [-0.05, 0) is 17.4 Å². The summed E-state index contributed by atoms with van der Waals surface area (Å²) in [6.07, 6.45) is 0.892. The molecule has 1 aliphatic heterocycles. The summed E-state index contributed by atoms with van der Waals surface area (Å²) >= 11 is 4.98. The minimum atomic E-state index is -3.32. The van der Waals surface area contributed by atoms with E-state index < -0.39 is 10.0 Å². The average molecular weight is 312 g/mol. The lowest BCUT2D eigenvalue weighted by Crippen LogP contribution is -2.32. The van der Waals surface area contributed by atoms with E-state index in [1.807, 2.05) is 6.07 Å². The maximum Gasteiger partial charge on any atom is 0.218 e. The van der Waals surface area contributed by atoms with Gasteiger partial charge < -0.3 is 5.73 Å². The van der Waals surface area contributed by atoms with Gasteiger partial charge in [0.25, 0.3) is 0 Å². The van der Waals surface area contributed by atoms with Crippen molar-refractivity contribution in [3.63, 3.8) is 0 Å². The van der Waals surface area contributed by atoms with Gasteiger partial charge in [-0.2, -0.15) is 0 Å². The lowest BCUT2D eigenvalue weighted by atomic mass is 9.93. The minimum absolute atomic E-state index is 0.0450. The van der Waals surface area contributed by atoms with Crippen molar-refractivity contribution < 1.29 is 8.42 Å². The van der Waals surface area contributed by atoms with Crippen molar-refractivity contribution >= 4 is 27.2 Å². The Morgan fingerprint density at radius 2 is 2.05 bits per heavy atom. The fraction of sp³-hybridized carbons (Fsp3) is 0.500. The molecule has 0 aromatic heterocycles. The lowest BCUT2D eigenvalue weighted by Gasteiger charge is -2.20. The maximum atomic E-state index is 12.5. The zero-order valence-corrected chi connectivity index (χ0v) is 13.4. The fourth-order valence-corrected chi connectivity index (χ4v) is 4.42. The quantitative estimate of drug-likeness (QED) is 0.862. The summed E-state index contributed by atoms with van der Waals surface area (Å²) in [7, 11) is -3.32. The third-order valence-electron chi connectivity index (χ3n) is 3.66. The molecule has 110 valence electrons. The van der Waals surface area contributed by atoms with Crippen LogP contribution in [0.3, 0.4) is 0 Å². The van der Waals surface area contributed by atoms with Gasteiger partial charge in [0.1, 0.15) is 4.99 Å². The van der Waals surface area contributed by atoms with E-state index in [0.717, 1.165) is 6.42 Å². The largest absolute Gasteiger partial charge is 0.389 e. The van der Waals surface area contributed by atoms with Gasteiger partial charge in [-0.1, -0.05) is 50.3 Å². The molecule has 20 heavy (non-hydrogen) atoms. The predicted octanol–water partition coefficient (Wildman–Crippen LogP) is 1.88. The number of nitrogens with two attached hydrogens (primary N) is 1. The molecule has 0 amide bonds. The van der Waals surface area contributed by atoms with Gasteiger partial charge in [0, 0.05) is 18.7 Å². The summed E-state index contributed by atoms with van der Waals surface area (Å²) < 4.78 is 26.6. The van der Waals surface area contributed by atoms with E-state index >= 15 is 0 Å². The van der Waals surface area contributed by atoms with E-state index in [4.69, 9.17) is 18.0 Å². The molecule has 0 unspecified atom stereocenters. The number of sulfonamides is 1. The maximum absolute atomic E-state index is 12.5. The molecular weight excluding hydrogens is 292 g/mol. The molecular formula is C14H20N2O2S2. The van der Waals surface area contributed by atoms with E-state index in [-0.39, 0.29) is 16.2 Å². The zero-order valence-electron chi connectivity index (χ0n) is 11.8. The average Bonchev–Trinajstić information content (AvgIpc) is 2.70. The number of thiocarbonyl (C=S) groups is 1. The Morgan fingerprint density at radius 1 is 1.40 bits per heavy atom. The Hall–Kier alpha value is -0.980. The van der Waals surface area contributed by atoms with Crippen molar-refractivity contribution in [2.45, 2.75) is 26.0 Å². The van der Waals surface area contributed by atoms with E-state index in [1.165, 1.54) is 0 Å². The molecule has 2 N–H and O–H groups in total. The first kappa shape index (κ1) is 15.4. The van der Waals surface area contributed by atoms with Gasteiger partial charge >= 0.3 is 0 Å². The molecule has 1 heterocycles. The molecule has 1 aromatic carbocycles. The van der Waals surface area contributed by atoms with Crippen molar-refractivity contribution in [3.05, 3.63) is 35.4 Å². The third-order valence-corrected chi connectivity index (χ3v) is 5.65. The van der Waals surface area contributed by atoms with Crippen molar-refractivity contribution in [2.24, 2.45) is 11.1 Å². The van der Waals surface area contributed by atoms with E-state index in [9.17, 15) is 8.42 Å². The highest BCUT2D eigenvalue weighted by molar-refractivity contribution is 7.88. The van der Waals surface area contributed by atoms with Crippen LogP contribution in [0.2, 0.25) is 0 Å². The molecule has 0 saturated carbocycles. The highest BCUT2D eigenvalue weighted by Gasteiger charge is 2.36. The molecule has 2 rings (SSSR count). The topological polar surface area (TPSA) is 63.4 Å². The first-order valence-electron chi connectivity index (χ1n) is 6.57. The standard InChI is InChI=1S/C14H20N2O2S2/c1-14(2)7-8-16(10-14)20(17,18)9-11-5-3-4-6-12(11)13(15)19/h3-6H,7-10H2,1-2H3,(H2,15,19). The second kappa shape index (κ2) is 5.42. The molecule has 4 nitrogen and oxygen atoms in total. The smallest absolute Gasteiger partial charge is 0.218 e. The van der Waals surface area contributed by atoms with Crippen LogP contribution in [0.4, 0.5) is 0 Å². The van der Waals surface area contributed by atoms with E-state index in [1.54, 1.807) is 22.5 Å². The Bertz CT molecular complexity index is 624. The van der Waals surface area contributed by atoms with Gasteiger partial charge in [-0.25, -0.2) is 12.7 Å². The van der Waals surface area contributed by atoms with Crippen molar-refractivity contribution in [2.75, 3.05) is 13.1 Å². The molecule has 0 aliphatic carbocycles. The Kier molecular flexibility index (Phi) is 4.18. The molecule has 1 aromatic rings. The minimum Gasteiger partial charge on any atom is -0.389 e. The van der Waals surface area contributed by atoms with Crippen LogP contribution in [0.1, 0.15) is 31.4 Å². The van der Waals surface area contributed by atoms with Crippen molar-refractivity contribution in [1.82, 2.24) is 4.31 Å². The first-order chi connectivity index (χ1) is 9.21. The second-order valence-electron chi connectivity index (χ2n) is 6.03. The van der Waals surface area contributed by atoms with Crippen molar-refractivity contribution in [1.29, 1.82) is 0 Å². The van der Waals surface area contributed by atoms with Crippen molar-refractivity contribution in [3.8, 4) is 0 Å². The molecule has 1 aliphatic rings. The van der Waals surface area contributed by atoms with Crippen LogP contribution in [-0.2, 0) is 15.8 Å². The van der Waals surface area contributed by atoms with Gasteiger partial charge in [0.2, 0.25) is 10.0 Å². The summed E-state index contributed by atoms with van der Waals surface area (Å²) in [6, 6.07) is 7.15. The lowest BCUT2D eigenvalue weighted by molar-refractivity contribution is 0.375. The van der Waals surface area contributed by atoms with E-state index in [2.05, 4.69) is 13.8 Å². The van der Waals surface area contributed by atoms with Crippen LogP contribution in [-0.4, -0.2) is 30.8 Å². The monoisotopic (exact) mass is 312 g/mol. The molecule has 0 atom stereocenters. The van der Waals surface area contributed by atoms with Crippen LogP contribution in [0.5, 0.6) is 0 Å². The summed E-state index contributed by atoms with van der Waals surface area (Å²) in [5, 5.41) is 0. The van der Waals surface area contributed by atoms with Crippen LogP contribution in [0.15, 0.2) is 24.3 Å². The normalized spacial score (nSPS) is 19.1. The number of rotatable bonds is 4. The van der Waals surface area contributed by atoms with Crippen LogP contribution in [0.25, 0.3) is 0 Å². The van der Waals surface area contributed by atoms with Gasteiger partial charge in [0.15, 0.2) is 0 Å². The summed E-state index contributed by atoms with van der Waals surface area (Å²) in [5.74, 6) is -0.0450. The Balaban J connectivity index is 2.24. The van der Waals surface area contributed by atoms with Gasteiger partial charge in [-0.3, -0.25) is 0 Å². The van der Waals surface area contributed by atoms with Gasteiger partial charge in [-0.15, -0.1) is 0 Å².